The number of carboxylic acid groups (broad SMARTS) is 1. The van der Waals surface area contributed by atoms with Crippen LogP contribution in [0.25, 0.3) is 10.9 Å². The first-order valence-corrected chi connectivity index (χ1v) is 15.3. The number of aliphatic hydroxyl groups excluding tert-OH is 2. The number of hydrogen-bond donors (Lipinski definition) is 3. The van der Waals surface area contributed by atoms with E-state index in [1.54, 1.807) is 25.4 Å². The van der Waals surface area contributed by atoms with Crippen LogP contribution in [0.15, 0.2) is 17.1 Å². The van der Waals surface area contributed by atoms with Crippen LogP contribution in [0.1, 0.15) is 54.9 Å². The highest BCUT2D eigenvalue weighted by atomic mass is 127. The standard InChI is InChI=1S/C23H29FN2O6.CH3IS/c1-25(9-3-4-17(28)23(12-27)7-8-23)19-16(24)10-14-18(21(19)32-2)26(13-5-6-13)11-15(20(14)29)22(30)31;1-3-2/h10-11,13,17,27-28H,3-9,12H2,1-2H3,(H,30,31);1H3. The molecule has 0 radical (unpaired) electrons. The summed E-state index contributed by atoms with van der Waals surface area (Å²) in [6, 6.07) is 1.13. The van der Waals surface area contributed by atoms with Gasteiger partial charge in [0, 0.05) is 31.2 Å². The minimum absolute atomic E-state index is 0.0163. The van der Waals surface area contributed by atoms with Crippen LogP contribution in [0.4, 0.5) is 10.1 Å². The molecule has 1 aromatic heterocycles. The van der Waals surface area contributed by atoms with E-state index in [0.717, 1.165) is 31.7 Å². The molecule has 2 aliphatic rings. The Balaban J connectivity index is 0.00000108. The second kappa shape index (κ2) is 11.7. The second-order valence-electron chi connectivity index (χ2n) is 9.21. The van der Waals surface area contributed by atoms with Gasteiger partial charge in [-0.05, 0) is 72.1 Å². The number of halogens is 2. The average Bonchev–Trinajstić information content (AvgIpc) is 3.73. The molecule has 0 bridgehead atoms. The van der Waals surface area contributed by atoms with Gasteiger partial charge < -0.3 is 29.5 Å². The van der Waals surface area contributed by atoms with E-state index in [9.17, 15) is 24.9 Å². The van der Waals surface area contributed by atoms with E-state index in [-0.39, 0.29) is 40.5 Å². The van der Waals surface area contributed by atoms with Crippen LogP contribution in [0, 0.1) is 11.2 Å². The molecule has 1 aromatic carbocycles. The number of fused-ring (bicyclic) bond motifs is 1. The molecule has 0 amide bonds. The molecule has 0 saturated heterocycles. The van der Waals surface area contributed by atoms with Crippen molar-refractivity contribution in [3.63, 3.8) is 0 Å². The number of pyridine rings is 1. The molecule has 8 nitrogen and oxygen atoms in total. The summed E-state index contributed by atoms with van der Waals surface area (Å²) in [5.41, 5.74) is -0.927. The molecule has 1 unspecified atom stereocenters. The average molecular weight is 622 g/mol. The summed E-state index contributed by atoms with van der Waals surface area (Å²) in [7, 11) is 4.83. The van der Waals surface area contributed by atoms with Gasteiger partial charge in [0.1, 0.15) is 11.3 Å². The minimum atomic E-state index is -1.35. The summed E-state index contributed by atoms with van der Waals surface area (Å²) >= 11 is 2.20. The Kier molecular flexibility index (Phi) is 9.33. The van der Waals surface area contributed by atoms with Gasteiger partial charge in [0.15, 0.2) is 11.6 Å². The van der Waals surface area contributed by atoms with Crippen molar-refractivity contribution in [2.24, 2.45) is 5.41 Å². The fourth-order valence-corrected chi connectivity index (χ4v) is 4.48. The molecule has 2 aromatic rings. The van der Waals surface area contributed by atoms with Crippen molar-refractivity contribution < 1.29 is 29.2 Å². The summed E-state index contributed by atoms with van der Waals surface area (Å²) in [5, 5.41) is 29.2. The predicted octanol–water partition coefficient (Wildman–Crippen LogP) is 4.23. The van der Waals surface area contributed by atoms with E-state index in [4.69, 9.17) is 4.74 Å². The Morgan fingerprint density at radius 1 is 1.43 bits per heavy atom. The highest BCUT2D eigenvalue weighted by Crippen LogP contribution is 2.49. The molecular formula is C24H32FIN2O6S. The highest BCUT2D eigenvalue weighted by molar-refractivity contribution is 14.2. The summed E-state index contributed by atoms with van der Waals surface area (Å²) in [6.07, 6.45) is 7.12. The molecule has 2 fully saturated rings. The van der Waals surface area contributed by atoms with Gasteiger partial charge in [-0.15, -0.1) is 0 Å². The zero-order chi connectivity index (χ0) is 25.9. The van der Waals surface area contributed by atoms with E-state index in [1.807, 2.05) is 6.26 Å². The topological polar surface area (TPSA) is 112 Å². The maximum Gasteiger partial charge on any atom is 0.341 e. The van der Waals surface area contributed by atoms with Crippen molar-refractivity contribution in [3.05, 3.63) is 33.9 Å². The van der Waals surface area contributed by atoms with E-state index in [0.29, 0.717) is 24.9 Å². The number of aromatic carboxylic acids is 1. The summed E-state index contributed by atoms with van der Waals surface area (Å²) in [4.78, 5) is 26.0. The van der Waals surface area contributed by atoms with Crippen molar-refractivity contribution in [1.82, 2.24) is 4.57 Å². The van der Waals surface area contributed by atoms with Crippen molar-refractivity contribution in [2.45, 2.75) is 50.7 Å². The Morgan fingerprint density at radius 3 is 2.54 bits per heavy atom. The molecule has 1 atom stereocenters. The van der Waals surface area contributed by atoms with Gasteiger partial charge in [-0.25, -0.2) is 9.18 Å². The third-order valence-electron chi connectivity index (χ3n) is 6.84. The zero-order valence-electron chi connectivity index (χ0n) is 20.1. The molecule has 35 heavy (non-hydrogen) atoms. The number of anilines is 1. The SMILES string of the molecule is COc1c(N(C)CCCC(O)C2(CO)CC2)c(F)cc2c(=O)c(C(=O)O)cn(C3CC3)c12.CSI. The molecule has 2 saturated carbocycles. The van der Waals surface area contributed by atoms with Gasteiger partial charge in [-0.2, -0.15) is 0 Å². The highest BCUT2D eigenvalue weighted by Gasteiger charge is 2.47. The summed E-state index contributed by atoms with van der Waals surface area (Å²) < 4.78 is 22.5. The minimum Gasteiger partial charge on any atom is -0.492 e. The van der Waals surface area contributed by atoms with Crippen LogP contribution >= 0.6 is 30.1 Å². The third kappa shape index (κ3) is 5.89. The molecule has 4 rings (SSSR count). The van der Waals surface area contributed by atoms with Crippen molar-refractivity contribution >= 4 is 52.7 Å². The summed E-state index contributed by atoms with van der Waals surface area (Å²) in [5.74, 6) is -1.83. The zero-order valence-corrected chi connectivity index (χ0v) is 23.1. The molecule has 0 spiro atoms. The first-order valence-electron chi connectivity index (χ1n) is 11.5. The first-order chi connectivity index (χ1) is 16.6. The lowest BCUT2D eigenvalue weighted by Gasteiger charge is -2.26. The van der Waals surface area contributed by atoms with Crippen LogP contribution in [-0.2, 0) is 0 Å². The van der Waals surface area contributed by atoms with Crippen LogP contribution in [0.3, 0.4) is 0 Å². The monoisotopic (exact) mass is 622 g/mol. The smallest absolute Gasteiger partial charge is 0.341 e. The number of carbonyl (C=O) groups is 1. The van der Waals surface area contributed by atoms with Gasteiger partial charge in [0.25, 0.3) is 0 Å². The van der Waals surface area contributed by atoms with Crippen molar-refractivity contribution in [2.75, 3.05) is 38.5 Å². The number of aliphatic hydroxyl groups is 2. The molecule has 11 heteroatoms. The molecule has 194 valence electrons. The van der Waals surface area contributed by atoms with Crippen LogP contribution in [0.5, 0.6) is 5.75 Å². The van der Waals surface area contributed by atoms with E-state index < -0.39 is 23.3 Å². The largest absolute Gasteiger partial charge is 0.492 e. The number of rotatable bonds is 10. The van der Waals surface area contributed by atoms with E-state index in [1.165, 1.54) is 13.3 Å². The Bertz CT molecular complexity index is 1140. The maximum atomic E-state index is 15.2. The molecular weight excluding hydrogens is 590 g/mol. The van der Waals surface area contributed by atoms with Crippen LogP contribution < -0.4 is 15.1 Å². The Labute approximate surface area is 220 Å². The van der Waals surface area contributed by atoms with Gasteiger partial charge in [0.2, 0.25) is 5.43 Å². The van der Waals surface area contributed by atoms with Gasteiger partial charge >= 0.3 is 5.97 Å². The Hall–Kier alpha value is -1.57. The van der Waals surface area contributed by atoms with Gasteiger partial charge in [0.05, 0.1) is 30.7 Å². The molecule has 2 aliphatic carbocycles. The number of ether oxygens (including phenoxy) is 1. The van der Waals surface area contributed by atoms with Gasteiger partial charge in [-0.1, -0.05) is 8.93 Å². The summed E-state index contributed by atoms with van der Waals surface area (Å²) in [6.45, 7) is 0.395. The molecule has 1 heterocycles. The second-order valence-corrected chi connectivity index (χ2v) is 12.2. The number of methoxy groups -OCH3 is 1. The van der Waals surface area contributed by atoms with Crippen LogP contribution in [0.2, 0.25) is 0 Å². The van der Waals surface area contributed by atoms with Crippen LogP contribution in [-0.4, -0.2) is 65.5 Å². The quantitative estimate of drug-likeness (QED) is 0.338. The maximum absolute atomic E-state index is 15.2. The number of hydrogen-bond acceptors (Lipinski definition) is 7. The van der Waals surface area contributed by atoms with Crippen molar-refractivity contribution in [3.8, 4) is 5.75 Å². The van der Waals surface area contributed by atoms with E-state index in [2.05, 4.69) is 21.2 Å². The lowest BCUT2D eigenvalue weighted by molar-refractivity contribution is 0.0438. The number of benzene rings is 1. The fourth-order valence-electron chi connectivity index (χ4n) is 4.48. The molecule has 3 N–H and O–H groups in total. The lowest BCUT2D eigenvalue weighted by Crippen LogP contribution is -2.28. The number of carboxylic acids is 1. The fraction of sp³-hybridized carbons (Fsp3) is 0.583. The van der Waals surface area contributed by atoms with Crippen molar-refractivity contribution in [1.29, 1.82) is 0 Å². The lowest BCUT2D eigenvalue weighted by atomic mass is 9.96. The Morgan fingerprint density at radius 2 is 2.06 bits per heavy atom. The normalized spacial score (nSPS) is 16.9. The predicted molar refractivity (Wildman–Crippen MR) is 145 cm³/mol. The first kappa shape index (κ1) is 28.0. The number of nitrogens with zero attached hydrogens (tertiary/aromatic N) is 2. The number of aromatic nitrogens is 1. The molecule has 0 aliphatic heterocycles. The third-order valence-corrected chi connectivity index (χ3v) is 6.84. The van der Waals surface area contributed by atoms with E-state index >= 15 is 4.39 Å². The van der Waals surface area contributed by atoms with Gasteiger partial charge in [-0.3, -0.25) is 4.79 Å².